The third kappa shape index (κ3) is 1.71. The molecule has 5 nitrogen and oxygen atoms in total. The van der Waals surface area contributed by atoms with Gasteiger partial charge in [-0.1, -0.05) is 10.3 Å². The molecule has 72 valence electrons. The summed E-state index contributed by atoms with van der Waals surface area (Å²) in [6.45, 7) is 1.99. The molecule has 0 unspecified atom stereocenters. The maximum atomic E-state index is 5.51. The summed E-state index contributed by atoms with van der Waals surface area (Å²) >= 11 is 0. The van der Waals surface area contributed by atoms with Gasteiger partial charge in [-0.15, -0.1) is 0 Å². The molecule has 1 fully saturated rings. The number of hydrogen-bond acceptors (Lipinski definition) is 5. The second-order valence-electron chi connectivity index (χ2n) is 3.19. The standard InChI is InChI=1S/C8H13N3O2/c9-5-7-8(11-13-10-7)6-1-3-12-4-2-6/h6H,1-5,9H2. The van der Waals surface area contributed by atoms with Crippen LogP contribution in [0.5, 0.6) is 0 Å². The Bertz CT molecular complexity index is 268. The van der Waals surface area contributed by atoms with E-state index in [2.05, 4.69) is 14.9 Å². The van der Waals surface area contributed by atoms with Crippen LogP contribution >= 0.6 is 0 Å². The average molecular weight is 183 g/mol. The second-order valence-corrected chi connectivity index (χ2v) is 3.19. The third-order valence-electron chi connectivity index (χ3n) is 2.39. The first kappa shape index (κ1) is 8.65. The molecule has 2 heterocycles. The van der Waals surface area contributed by atoms with Crippen LogP contribution in [0.2, 0.25) is 0 Å². The van der Waals surface area contributed by atoms with Crippen LogP contribution in [0.1, 0.15) is 30.1 Å². The summed E-state index contributed by atoms with van der Waals surface area (Å²) in [5, 5.41) is 7.65. The van der Waals surface area contributed by atoms with Gasteiger partial charge in [-0.3, -0.25) is 0 Å². The van der Waals surface area contributed by atoms with Crippen LogP contribution in [0.4, 0.5) is 0 Å². The molecule has 1 aromatic heterocycles. The normalized spacial score (nSPS) is 19.2. The van der Waals surface area contributed by atoms with Crippen molar-refractivity contribution in [3.63, 3.8) is 0 Å². The molecule has 0 aromatic carbocycles. The summed E-state index contributed by atoms with van der Waals surface area (Å²) in [4.78, 5) is 0. The first-order chi connectivity index (χ1) is 6.42. The van der Waals surface area contributed by atoms with Gasteiger partial charge in [0.2, 0.25) is 0 Å². The Hall–Kier alpha value is -0.940. The number of nitrogens with zero attached hydrogens (tertiary/aromatic N) is 2. The summed E-state index contributed by atoms with van der Waals surface area (Å²) in [5.41, 5.74) is 7.21. The highest BCUT2D eigenvalue weighted by Crippen LogP contribution is 2.26. The molecule has 13 heavy (non-hydrogen) atoms. The Labute approximate surface area is 76.2 Å². The number of rotatable bonds is 2. The smallest absolute Gasteiger partial charge is 0.122 e. The summed E-state index contributed by atoms with van der Waals surface area (Å²) in [5.74, 6) is 0.415. The van der Waals surface area contributed by atoms with Crippen molar-refractivity contribution < 1.29 is 9.37 Å². The van der Waals surface area contributed by atoms with E-state index in [1.807, 2.05) is 0 Å². The lowest BCUT2D eigenvalue weighted by atomic mass is 9.95. The summed E-state index contributed by atoms with van der Waals surface area (Å²) < 4.78 is 9.93. The first-order valence-corrected chi connectivity index (χ1v) is 4.51. The molecule has 1 aliphatic rings. The average Bonchev–Trinajstić information content (AvgIpc) is 2.67. The van der Waals surface area contributed by atoms with Crippen LogP contribution in [0.15, 0.2) is 4.63 Å². The fourth-order valence-corrected chi connectivity index (χ4v) is 1.64. The molecule has 0 spiro atoms. The fraction of sp³-hybridized carbons (Fsp3) is 0.750. The van der Waals surface area contributed by atoms with E-state index in [0.29, 0.717) is 12.5 Å². The maximum Gasteiger partial charge on any atom is 0.122 e. The highest BCUT2D eigenvalue weighted by Gasteiger charge is 2.22. The van der Waals surface area contributed by atoms with Gasteiger partial charge in [0, 0.05) is 25.7 Å². The van der Waals surface area contributed by atoms with E-state index in [0.717, 1.165) is 37.4 Å². The number of nitrogens with two attached hydrogens (primary N) is 1. The minimum atomic E-state index is 0.399. The molecule has 0 aliphatic carbocycles. The molecule has 0 amide bonds. The van der Waals surface area contributed by atoms with E-state index < -0.39 is 0 Å². The van der Waals surface area contributed by atoms with Gasteiger partial charge < -0.3 is 10.5 Å². The van der Waals surface area contributed by atoms with Gasteiger partial charge in [0.15, 0.2) is 0 Å². The minimum Gasteiger partial charge on any atom is -0.381 e. The van der Waals surface area contributed by atoms with Crippen molar-refractivity contribution in [1.29, 1.82) is 0 Å². The highest BCUT2D eigenvalue weighted by atomic mass is 16.6. The van der Waals surface area contributed by atoms with Crippen LogP contribution in [0, 0.1) is 0 Å². The molecule has 0 bridgehead atoms. The van der Waals surface area contributed by atoms with Crippen LogP contribution in [0.25, 0.3) is 0 Å². The number of ether oxygens (including phenoxy) is 1. The first-order valence-electron chi connectivity index (χ1n) is 4.51. The zero-order valence-electron chi connectivity index (χ0n) is 7.40. The summed E-state index contributed by atoms with van der Waals surface area (Å²) in [6.07, 6.45) is 1.97. The van der Waals surface area contributed by atoms with Crippen LogP contribution in [-0.2, 0) is 11.3 Å². The third-order valence-corrected chi connectivity index (χ3v) is 2.39. The van der Waals surface area contributed by atoms with Gasteiger partial charge in [0.1, 0.15) is 11.4 Å². The van der Waals surface area contributed by atoms with Crippen LogP contribution in [0.3, 0.4) is 0 Å². The predicted molar refractivity (Wildman–Crippen MR) is 45.0 cm³/mol. The Kier molecular flexibility index (Phi) is 2.56. The lowest BCUT2D eigenvalue weighted by molar-refractivity contribution is 0.0835. The van der Waals surface area contributed by atoms with Crippen molar-refractivity contribution in [2.75, 3.05) is 13.2 Å². The van der Waals surface area contributed by atoms with Gasteiger partial charge in [-0.25, -0.2) is 4.63 Å². The topological polar surface area (TPSA) is 74.2 Å². The molecule has 1 saturated heterocycles. The van der Waals surface area contributed by atoms with E-state index in [1.54, 1.807) is 0 Å². The van der Waals surface area contributed by atoms with E-state index in [1.165, 1.54) is 0 Å². The largest absolute Gasteiger partial charge is 0.381 e. The monoisotopic (exact) mass is 183 g/mol. The highest BCUT2D eigenvalue weighted by molar-refractivity contribution is 5.13. The molecule has 1 aliphatic heterocycles. The van der Waals surface area contributed by atoms with Gasteiger partial charge in [0.05, 0.1) is 0 Å². The van der Waals surface area contributed by atoms with E-state index in [9.17, 15) is 0 Å². The second kappa shape index (κ2) is 3.85. The van der Waals surface area contributed by atoms with Crippen LogP contribution in [-0.4, -0.2) is 23.5 Å². The quantitative estimate of drug-likeness (QED) is 0.719. The van der Waals surface area contributed by atoms with E-state index in [4.69, 9.17) is 10.5 Å². The molecule has 5 heteroatoms. The fourth-order valence-electron chi connectivity index (χ4n) is 1.64. The van der Waals surface area contributed by atoms with E-state index in [-0.39, 0.29) is 0 Å². The Morgan fingerprint density at radius 1 is 1.31 bits per heavy atom. The van der Waals surface area contributed by atoms with Gasteiger partial charge in [0.25, 0.3) is 0 Å². The Balaban J connectivity index is 2.13. The van der Waals surface area contributed by atoms with Crippen molar-refractivity contribution in [1.82, 2.24) is 10.3 Å². The molecular weight excluding hydrogens is 170 g/mol. The van der Waals surface area contributed by atoms with Crippen molar-refractivity contribution >= 4 is 0 Å². The summed E-state index contributed by atoms with van der Waals surface area (Å²) in [7, 11) is 0. The number of aromatic nitrogens is 2. The molecule has 0 radical (unpaired) electrons. The molecule has 0 atom stereocenters. The SMILES string of the molecule is NCc1nonc1C1CCOCC1. The zero-order chi connectivity index (χ0) is 9.10. The van der Waals surface area contributed by atoms with Crippen LogP contribution < -0.4 is 5.73 Å². The summed E-state index contributed by atoms with van der Waals surface area (Å²) in [6, 6.07) is 0. The number of hydrogen-bond donors (Lipinski definition) is 1. The molecule has 2 N–H and O–H groups in total. The lowest BCUT2D eigenvalue weighted by Crippen LogP contribution is -2.16. The lowest BCUT2D eigenvalue weighted by Gasteiger charge is -2.19. The van der Waals surface area contributed by atoms with Gasteiger partial charge in [-0.05, 0) is 12.8 Å². The van der Waals surface area contributed by atoms with E-state index >= 15 is 0 Å². The zero-order valence-corrected chi connectivity index (χ0v) is 7.40. The minimum absolute atomic E-state index is 0.399. The van der Waals surface area contributed by atoms with Crippen molar-refractivity contribution in [2.45, 2.75) is 25.3 Å². The maximum absolute atomic E-state index is 5.51. The Morgan fingerprint density at radius 3 is 2.77 bits per heavy atom. The molecular formula is C8H13N3O2. The van der Waals surface area contributed by atoms with Gasteiger partial charge in [-0.2, -0.15) is 0 Å². The molecule has 0 saturated carbocycles. The van der Waals surface area contributed by atoms with Gasteiger partial charge >= 0.3 is 0 Å². The predicted octanol–water partition coefficient (Wildman–Crippen LogP) is 0.422. The van der Waals surface area contributed by atoms with Crippen molar-refractivity contribution in [2.24, 2.45) is 5.73 Å². The Morgan fingerprint density at radius 2 is 2.08 bits per heavy atom. The molecule has 2 rings (SSSR count). The van der Waals surface area contributed by atoms with Crippen molar-refractivity contribution in [3.05, 3.63) is 11.4 Å². The van der Waals surface area contributed by atoms with Crippen molar-refractivity contribution in [3.8, 4) is 0 Å². The molecule has 1 aromatic rings.